The third-order valence-electron chi connectivity index (χ3n) is 3.67. The van der Waals surface area contributed by atoms with E-state index in [9.17, 15) is 4.39 Å². The van der Waals surface area contributed by atoms with E-state index in [1.165, 1.54) is 6.07 Å². The second-order valence-electron chi connectivity index (χ2n) is 4.80. The molecule has 0 aliphatic heterocycles. The normalized spacial score (nSPS) is 14.3. The topological polar surface area (TPSA) is 15.3 Å². The zero-order valence-corrected chi connectivity index (χ0v) is 11.9. The van der Waals surface area contributed by atoms with Crippen molar-refractivity contribution in [3.63, 3.8) is 0 Å². The minimum atomic E-state index is -0.171. The molecule has 0 saturated heterocycles. The molecule has 0 radical (unpaired) electrons. The van der Waals surface area contributed by atoms with Crippen molar-refractivity contribution in [2.24, 2.45) is 5.92 Å². The summed E-state index contributed by atoms with van der Waals surface area (Å²) in [5.41, 5.74) is 0.959. The fourth-order valence-electron chi connectivity index (χ4n) is 2.17. The first-order valence-electron chi connectivity index (χ1n) is 6.80. The average Bonchev–Trinajstić information content (AvgIpc) is 2.39. The van der Waals surface area contributed by atoms with Gasteiger partial charge in [-0.2, -0.15) is 0 Å². The summed E-state index contributed by atoms with van der Waals surface area (Å²) >= 11 is 0. The summed E-state index contributed by atoms with van der Waals surface area (Å²) in [7, 11) is 2.00. The van der Waals surface area contributed by atoms with Gasteiger partial charge < -0.3 is 10.2 Å². The molecule has 0 spiro atoms. The van der Waals surface area contributed by atoms with Gasteiger partial charge in [-0.15, -0.1) is 0 Å². The van der Waals surface area contributed by atoms with Crippen LogP contribution in [0.15, 0.2) is 24.3 Å². The Bertz CT molecular complexity index is 354. The van der Waals surface area contributed by atoms with Crippen LogP contribution in [0.4, 0.5) is 10.1 Å². The van der Waals surface area contributed by atoms with Crippen molar-refractivity contribution in [1.82, 2.24) is 5.32 Å². The fourth-order valence-corrected chi connectivity index (χ4v) is 2.17. The summed E-state index contributed by atoms with van der Waals surface area (Å²) < 4.78 is 13.3. The van der Waals surface area contributed by atoms with E-state index in [1.807, 2.05) is 13.1 Å². The Kier molecular flexibility index (Phi) is 6.13. The number of benzene rings is 1. The summed E-state index contributed by atoms with van der Waals surface area (Å²) in [5, 5.41) is 3.37. The standard InChI is InChI=1S/C15H25FN2/c1-5-12(3)15(17-4)11-18(6-2)14-9-7-8-13(16)10-14/h7-10,12,15,17H,5-6,11H2,1-4H3. The molecule has 0 fully saturated rings. The van der Waals surface area contributed by atoms with E-state index in [0.29, 0.717) is 12.0 Å². The van der Waals surface area contributed by atoms with Crippen LogP contribution in [0.25, 0.3) is 0 Å². The van der Waals surface area contributed by atoms with Gasteiger partial charge in [0.2, 0.25) is 0 Å². The second kappa shape index (κ2) is 7.37. The molecule has 1 aromatic carbocycles. The van der Waals surface area contributed by atoms with Crippen LogP contribution < -0.4 is 10.2 Å². The number of nitrogens with one attached hydrogen (secondary N) is 1. The van der Waals surface area contributed by atoms with Crippen molar-refractivity contribution in [2.75, 3.05) is 25.0 Å². The van der Waals surface area contributed by atoms with Gasteiger partial charge in [0.05, 0.1) is 0 Å². The van der Waals surface area contributed by atoms with Crippen molar-refractivity contribution in [3.05, 3.63) is 30.1 Å². The zero-order valence-electron chi connectivity index (χ0n) is 11.9. The van der Waals surface area contributed by atoms with E-state index in [0.717, 1.165) is 25.2 Å². The maximum atomic E-state index is 13.3. The molecule has 0 aliphatic rings. The van der Waals surface area contributed by atoms with Gasteiger partial charge in [0.15, 0.2) is 0 Å². The van der Waals surface area contributed by atoms with E-state index < -0.39 is 0 Å². The Balaban J connectivity index is 2.77. The van der Waals surface area contributed by atoms with Gasteiger partial charge in [-0.3, -0.25) is 0 Å². The molecule has 2 unspecified atom stereocenters. The molecule has 18 heavy (non-hydrogen) atoms. The number of likely N-dealkylation sites (N-methyl/N-ethyl adjacent to an activating group) is 2. The predicted molar refractivity (Wildman–Crippen MR) is 76.6 cm³/mol. The largest absolute Gasteiger partial charge is 0.370 e. The number of rotatable bonds is 7. The van der Waals surface area contributed by atoms with Gasteiger partial charge in [0.1, 0.15) is 5.82 Å². The van der Waals surface area contributed by atoms with E-state index >= 15 is 0 Å². The number of hydrogen-bond donors (Lipinski definition) is 1. The minimum absolute atomic E-state index is 0.171. The van der Waals surface area contributed by atoms with Crippen LogP contribution in [0.5, 0.6) is 0 Å². The molecule has 1 aromatic rings. The van der Waals surface area contributed by atoms with Gasteiger partial charge in [-0.1, -0.05) is 26.3 Å². The van der Waals surface area contributed by atoms with Crippen LogP contribution in [0, 0.1) is 11.7 Å². The number of anilines is 1. The van der Waals surface area contributed by atoms with E-state index in [4.69, 9.17) is 0 Å². The lowest BCUT2D eigenvalue weighted by Gasteiger charge is -2.31. The summed E-state index contributed by atoms with van der Waals surface area (Å²) in [4.78, 5) is 2.22. The molecule has 102 valence electrons. The number of halogens is 1. The average molecular weight is 252 g/mol. The molecular formula is C15H25FN2. The Morgan fingerprint density at radius 3 is 2.56 bits per heavy atom. The van der Waals surface area contributed by atoms with Gasteiger partial charge >= 0.3 is 0 Å². The van der Waals surface area contributed by atoms with Crippen LogP contribution in [0.3, 0.4) is 0 Å². The predicted octanol–water partition coefficient (Wildman–Crippen LogP) is 3.29. The lowest BCUT2D eigenvalue weighted by Crippen LogP contribution is -2.43. The molecule has 0 saturated carbocycles. The molecule has 3 heteroatoms. The highest BCUT2D eigenvalue weighted by Crippen LogP contribution is 2.18. The fraction of sp³-hybridized carbons (Fsp3) is 0.600. The van der Waals surface area contributed by atoms with Crippen molar-refractivity contribution in [2.45, 2.75) is 33.2 Å². The maximum Gasteiger partial charge on any atom is 0.125 e. The highest BCUT2D eigenvalue weighted by atomic mass is 19.1. The lowest BCUT2D eigenvalue weighted by atomic mass is 9.98. The summed E-state index contributed by atoms with van der Waals surface area (Å²) in [5.74, 6) is 0.438. The van der Waals surface area contributed by atoms with Gasteiger partial charge in [0, 0.05) is 24.8 Å². The Morgan fingerprint density at radius 2 is 2.06 bits per heavy atom. The van der Waals surface area contributed by atoms with E-state index in [-0.39, 0.29) is 5.82 Å². The van der Waals surface area contributed by atoms with Gasteiger partial charge in [0.25, 0.3) is 0 Å². The van der Waals surface area contributed by atoms with Gasteiger partial charge in [-0.25, -0.2) is 4.39 Å². The Morgan fingerprint density at radius 1 is 1.33 bits per heavy atom. The van der Waals surface area contributed by atoms with Gasteiger partial charge in [-0.05, 0) is 38.1 Å². The minimum Gasteiger partial charge on any atom is -0.370 e. The van der Waals surface area contributed by atoms with Crippen molar-refractivity contribution < 1.29 is 4.39 Å². The van der Waals surface area contributed by atoms with Crippen LogP contribution in [-0.2, 0) is 0 Å². The molecule has 0 heterocycles. The second-order valence-corrected chi connectivity index (χ2v) is 4.80. The van der Waals surface area contributed by atoms with Crippen molar-refractivity contribution in [3.8, 4) is 0 Å². The molecule has 1 N–H and O–H groups in total. The third-order valence-corrected chi connectivity index (χ3v) is 3.67. The summed E-state index contributed by atoms with van der Waals surface area (Å²) in [6.07, 6.45) is 1.15. The molecule has 0 bridgehead atoms. The molecule has 2 nitrogen and oxygen atoms in total. The highest BCUT2D eigenvalue weighted by molar-refractivity contribution is 5.46. The van der Waals surface area contributed by atoms with E-state index in [2.05, 4.69) is 31.0 Å². The van der Waals surface area contributed by atoms with Crippen LogP contribution in [0.1, 0.15) is 27.2 Å². The Hall–Kier alpha value is -1.09. The SMILES string of the molecule is CCC(C)C(CN(CC)c1cccc(F)c1)NC. The maximum absolute atomic E-state index is 13.3. The van der Waals surface area contributed by atoms with Crippen LogP contribution in [0.2, 0.25) is 0 Å². The van der Waals surface area contributed by atoms with Crippen molar-refractivity contribution in [1.29, 1.82) is 0 Å². The lowest BCUT2D eigenvalue weighted by molar-refractivity contribution is 0.388. The van der Waals surface area contributed by atoms with Crippen LogP contribution >= 0.6 is 0 Å². The number of hydrogen-bond acceptors (Lipinski definition) is 2. The molecule has 0 aliphatic carbocycles. The summed E-state index contributed by atoms with van der Waals surface area (Å²) in [6.45, 7) is 8.35. The Labute approximate surface area is 110 Å². The first kappa shape index (κ1) is 15.0. The van der Waals surface area contributed by atoms with Crippen LogP contribution in [-0.4, -0.2) is 26.2 Å². The monoisotopic (exact) mass is 252 g/mol. The summed E-state index contributed by atoms with van der Waals surface area (Å²) in [6, 6.07) is 7.26. The third kappa shape index (κ3) is 3.98. The zero-order chi connectivity index (χ0) is 13.5. The molecular weight excluding hydrogens is 227 g/mol. The van der Waals surface area contributed by atoms with Crippen molar-refractivity contribution >= 4 is 5.69 Å². The first-order chi connectivity index (χ1) is 8.62. The molecule has 0 aromatic heterocycles. The first-order valence-corrected chi connectivity index (χ1v) is 6.80. The highest BCUT2D eigenvalue weighted by Gasteiger charge is 2.17. The van der Waals surface area contributed by atoms with E-state index in [1.54, 1.807) is 12.1 Å². The number of nitrogens with zero attached hydrogens (tertiary/aromatic N) is 1. The molecule has 2 atom stereocenters. The molecule has 0 amide bonds. The molecule has 1 rings (SSSR count). The quantitative estimate of drug-likeness (QED) is 0.801. The smallest absolute Gasteiger partial charge is 0.125 e.